The Morgan fingerprint density at radius 1 is 1.29 bits per heavy atom. The van der Waals surface area contributed by atoms with Gasteiger partial charge in [-0.05, 0) is 37.3 Å². The molecule has 0 saturated carbocycles. The second kappa shape index (κ2) is 5.79. The molecule has 0 spiro atoms. The van der Waals surface area contributed by atoms with Crippen molar-refractivity contribution < 1.29 is 17.6 Å². The summed E-state index contributed by atoms with van der Waals surface area (Å²) in [6.07, 6.45) is 0. The standard InChI is InChI=1S/C13H10ClFN2O3S/c1-8-3-2-4-12(16-8)13(18)17-11-6-5-9(7-10(11)15)21(14,19)20/h2-7H,1H3,(H,17,18). The molecule has 0 aliphatic heterocycles. The van der Waals surface area contributed by atoms with Gasteiger partial charge >= 0.3 is 0 Å². The number of anilines is 1. The molecule has 1 N–H and O–H groups in total. The molecule has 0 radical (unpaired) electrons. The minimum atomic E-state index is -4.02. The molecular formula is C13H10ClFN2O3S. The maximum absolute atomic E-state index is 13.8. The van der Waals surface area contributed by atoms with E-state index < -0.39 is 20.8 Å². The lowest BCUT2D eigenvalue weighted by atomic mass is 10.2. The van der Waals surface area contributed by atoms with Crippen LogP contribution in [0.25, 0.3) is 0 Å². The molecule has 1 aromatic heterocycles. The Morgan fingerprint density at radius 3 is 2.57 bits per heavy atom. The largest absolute Gasteiger partial charge is 0.318 e. The van der Waals surface area contributed by atoms with Crippen molar-refractivity contribution in [2.24, 2.45) is 0 Å². The van der Waals surface area contributed by atoms with Crippen LogP contribution in [0.3, 0.4) is 0 Å². The van der Waals surface area contributed by atoms with Crippen molar-refractivity contribution in [3.05, 3.63) is 53.6 Å². The number of benzene rings is 1. The van der Waals surface area contributed by atoms with Crippen molar-refractivity contribution in [3.63, 3.8) is 0 Å². The Morgan fingerprint density at radius 2 is 2.00 bits per heavy atom. The summed E-state index contributed by atoms with van der Waals surface area (Å²) in [4.78, 5) is 15.5. The topological polar surface area (TPSA) is 76.1 Å². The number of aryl methyl sites for hydroxylation is 1. The number of hydrogen-bond acceptors (Lipinski definition) is 4. The molecule has 2 rings (SSSR count). The molecule has 0 aliphatic rings. The molecule has 1 amide bonds. The van der Waals surface area contributed by atoms with Gasteiger partial charge in [0.15, 0.2) is 0 Å². The van der Waals surface area contributed by atoms with Gasteiger partial charge in [0.25, 0.3) is 15.0 Å². The van der Waals surface area contributed by atoms with E-state index >= 15 is 0 Å². The van der Waals surface area contributed by atoms with Crippen LogP contribution >= 0.6 is 10.7 Å². The van der Waals surface area contributed by atoms with Gasteiger partial charge in [-0.25, -0.2) is 17.8 Å². The average molecular weight is 329 g/mol. The second-order valence-electron chi connectivity index (χ2n) is 4.20. The number of rotatable bonds is 3. The van der Waals surface area contributed by atoms with Crippen molar-refractivity contribution in [1.29, 1.82) is 0 Å². The summed E-state index contributed by atoms with van der Waals surface area (Å²) in [7, 11) is 1.09. The van der Waals surface area contributed by atoms with Gasteiger partial charge < -0.3 is 5.32 Å². The SMILES string of the molecule is Cc1cccc(C(=O)Nc2ccc(S(=O)(=O)Cl)cc2F)n1. The summed E-state index contributed by atoms with van der Waals surface area (Å²) in [6, 6.07) is 7.82. The summed E-state index contributed by atoms with van der Waals surface area (Å²) in [5, 5.41) is 2.32. The smallest absolute Gasteiger partial charge is 0.274 e. The van der Waals surface area contributed by atoms with Crippen LogP contribution in [0.4, 0.5) is 10.1 Å². The number of pyridine rings is 1. The van der Waals surface area contributed by atoms with Gasteiger partial charge in [-0.1, -0.05) is 6.07 Å². The van der Waals surface area contributed by atoms with Crippen LogP contribution in [0.2, 0.25) is 0 Å². The molecule has 1 heterocycles. The Balaban J connectivity index is 2.26. The van der Waals surface area contributed by atoms with Gasteiger partial charge in [0, 0.05) is 16.4 Å². The molecule has 2 aromatic rings. The fourth-order valence-corrected chi connectivity index (χ4v) is 2.37. The molecular weight excluding hydrogens is 319 g/mol. The Kier molecular flexibility index (Phi) is 4.24. The second-order valence-corrected chi connectivity index (χ2v) is 6.76. The highest BCUT2D eigenvalue weighted by molar-refractivity contribution is 8.13. The van der Waals surface area contributed by atoms with Crippen molar-refractivity contribution in [3.8, 4) is 0 Å². The predicted octanol–water partition coefficient (Wildman–Crippen LogP) is 2.71. The quantitative estimate of drug-likeness (QED) is 0.879. The average Bonchev–Trinajstić information content (AvgIpc) is 2.39. The van der Waals surface area contributed by atoms with Crippen molar-refractivity contribution in [2.75, 3.05) is 5.32 Å². The van der Waals surface area contributed by atoms with Gasteiger partial charge in [-0.2, -0.15) is 0 Å². The van der Waals surface area contributed by atoms with E-state index in [4.69, 9.17) is 10.7 Å². The van der Waals surface area contributed by atoms with E-state index in [1.54, 1.807) is 19.1 Å². The maximum Gasteiger partial charge on any atom is 0.274 e. The van der Waals surface area contributed by atoms with E-state index in [2.05, 4.69) is 10.3 Å². The minimum absolute atomic E-state index is 0.128. The van der Waals surface area contributed by atoms with Gasteiger partial charge in [-0.15, -0.1) is 0 Å². The van der Waals surface area contributed by atoms with Crippen molar-refractivity contribution >= 4 is 31.3 Å². The van der Waals surface area contributed by atoms with E-state index in [0.29, 0.717) is 5.69 Å². The summed E-state index contributed by atoms with van der Waals surface area (Å²) in [5.41, 5.74) is 0.613. The molecule has 0 unspecified atom stereocenters. The Hall–Kier alpha value is -1.99. The summed E-state index contributed by atoms with van der Waals surface area (Å²) in [5.74, 6) is -1.50. The first-order valence-electron chi connectivity index (χ1n) is 5.76. The lowest BCUT2D eigenvalue weighted by Crippen LogP contribution is -2.15. The molecule has 110 valence electrons. The Labute approximate surface area is 125 Å². The van der Waals surface area contributed by atoms with Gasteiger partial charge in [0.1, 0.15) is 11.5 Å². The zero-order chi connectivity index (χ0) is 15.6. The van der Waals surface area contributed by atoms with Crippen LogP contribution in [0, 0.1) is 12.7 Å². The zero-order valence-electron chi connectivity index (χ0n) is 10.8. The highest BCUT2D eigenvalue weighted by Crippen LogP contribution is 2.21. The van der Waals surface area contributed by atoms with Crippen molar-refractivity contribution in [1.82, 2.24) is 4.98 Å². The minimum Gasteiger partial charge on any atom is -0.318 e. The van der Waals surface area contributed by atoms with Crippen molar-refractivity contribution in [2.45, 2.75) is 11.8 Å². The molecule has 5 nitrogen and oxygen atoms in total. The highest BCUT2D eigenvalue weighted by atomic mass is 35.7. The molecule has 0 atom stereocenters. The summed E-state index contributed by atoms with van der Waals surface area (Å²) in [6.45, 7) is 1.72. The molecule has 0 aliphatic carbocycles. The third-order valence-corrected chi connectivity index (χ3v) is 3.94. The maximum atomic E-state index is 13.8. The lowest BCUT2D eigenvalue weighted by molar-refractivity contribution is 0.102. The fourth-order valence-electron chi connectivity index (χ4n) is 1.60. The number of carbonyl (C=O) groups excluding carboxylic acids is 1. The summed E-state index contributed by atoms with van der Waals surface area (Å²) >= 11 is 0. The molecule has 0 saturated heterocycles. The van der Waals surface area contributed by atoms with E-state index in [1.807, 2.05) is 0 Å². The third kappa shape index (κ3) is 3.77. The first-order valence-corrected chi connectivity index (χ1v) is 8.07. The van der Waals surface area contributed by atoms with Gasteiger partial charge in [0.2, 0.25) is 0 Å². The molecule has 1 aromatic carbocycles. The fraction of sp³-hybridized carbons (Fsp3) is 0.0769. The highest BCUT2D eigenvalue weighted by Gasteiger charge is 2.15. The van der Waals surface area contributed by atoms with E-state index in [-0.39, 0.29) is 16.3 Å². The number of amides is 1. The van der Waals surface area contributed by atoms with Crippen LogP contribution in [-0.2, 0) is 9.05 Å². The number of aromatic nitrogens is 1. The van der Waals surface area contributed by atoms with Crippen LogP contribution in [0.5, 0.6) is 0 Å². The molecule has 8 heteroatoms. The molecule has 0 fully saturated rings. The number of hydrogen-bond donors (Lipinski definition) is 1. The number of nitrogens with zero attached hydrogens (tertiary/aromatic N) is 1. The predicted molar refractivity (Wildman–Crippen MR) is 76.4 cm³/mol. The van der Waals surface area contributed by atoms with E-state index in [0.717, 1.165) is 18.2 Å². The normalized spacial score (nSPS) is 11.2. The van der Waals surface area contributed by atoms with Crippen LogP contribution < -0.4 is 5.32 Å². The lowest BCUT2D eigenvalue weighted by Gasteiger charge is -2.07. The number of carbonyl (C=O) groups is 1. The van der Waals surface area contributed by atoms with Gasteiger partial charge in [0.05, 0.1) is 10.6 Å². The van der Waals surface area contributed by atoms with Crippen LogP contribution in [-0.4, -0.2) is 19.3 Å². The first-order chi connectivity index (χ1) is 9.77. The van der Waals surface area contributed by atoms with E-state index in [9.17, 15) is 17.6 Å². The molecule has 0 bridgehead atoms. The van der Waals surface area contributed by atoms with Crippen LogP contribution in [0.1, 0.15) is 16.2 Å². The monoisotopic (exact) mass is 328 g/mol. The number of halogens is 2. The Bertz CT molecular complexity index is 809. The van der Waals surface area contributed by atoms with E-state index in [1.165, 1.54) is 6.07 Å². The van der Waals surface area contributed by atoms with Gasteiger partial charge in [-0.3, -0.25) is 4.79 Å². The molecule has 21 heavy (non-hydrogen) atoms. The first kappa shape index (κ1) is 15.4. The zero-order valence-corrected chi connectivity index (χ0v) is 12.4. The summed E-state index contributed by atoms with van der Waals surface area (Å²) < 4.78 is 35.9. The van der Waals surface area contributed by atoms with Crippen LogP contribution in [0.15, 0.2) is 41.3 Å². The number of nitrogens with one attached hydrogen (secondary N) is 1. The third-order valence-electron chi connectivity index (χ3n) is 2.59.